The molecule has 0 bridgehead atoms. The van der Waals surface area contributed by atoms with Crippen molar-refractivity contribution in [3.63, 3.8) is 0 Å². The van der Waals surface area contributed by atoms with Crippen LogP contribution in [0.5, 0.6) is 0 Å². The molecule has 3 N–H and O–H groups in total. The van der Waals surface area contributed by atoms with E-state index in [0.717, 1.165) is 10.9 Å². The highest BCUT2D eigenvalue weighted by molar-refractivity contribution is 6.32. The van der Waals surface area contributed by atoms with Gasteiger partial charge in [-0.2, -0.15) is 5.10 Å². The highest BCUT2D eigenvalue weighted by Gasteiger charge is 2.18. The van der Waals surface area contributed by atoms with E-state index in [0.29, 0.717) is 0 Å². The number of hydrogen-bond acceptors (Lipinski definition) is 3. The van der Waals surface area contributed by atoms with E-state index in [1.54, 1.807) is 0 Å². The molecule has 0 saturated heterocycles. The molecule has 88 valence electrons. The topological polar surface area (TPSA) is 81.1 Å². The summed E-state index contributed by atoms with van der Waals surface area (Å²) in [7, 11) is 0. The van der Waals surface area contributed by atoms with Gasteiger partial charge in [0, 0.05) is 0 Å². The Bertz CT molecular complexity index is 577. The average Bonchev–Trinajstić information content (AvgIpc) is 2.61. The predicted molar refractivity (Wildman–Crippen MR) is 59.9 cm³/mol. The number of carbonyl (C=O) groups is 1. The Kier molecular flexibility index (Phi) is 2.72. The summed E-state index contributed by atoms with van der Waals surface area (Å²) in [6.45, 7) is 0. The number of rotatable bonds is 2. The van der Waals surface area contributed by atoms with E-state index >= 15 is 0 Å². The molecule has 0 unspecified atom stereocenters. The van der Waals surface area contributed by atoms with Gasteiger partial charge in [-0.3, -0.25) is 0 Å². The third-order valence-corrected chi connectivity index (χ3v) is 2.49. The first-order valence-electron chi connectivity index (χ1n) is 4.53. The number of nitrogens with two attached hydrogens (primary N) is 1. The molecule has 1 heterocycles. The van der Waals surface area contributed by atoms with Crippen LogP contribution in [-0.4, -0.2) is 20.9 Å². The summed E-state index contributed by atoms with van der Waals surface area (Å²) in [5.74, 6) is -2.05. The van der Waals surface area contributed by atoms with Crippen molar-refractivity contribution in [1.29, 1.82) is 0 Å². The van der Waals surface area contributed by atoms with Crippen LogP contribution >= 0.6 is 11.6 Å². The highest BCUT2D eigenvalue weighted by Crippen LogP contribution is 2.26. The van der Waals surface area contributed by atoms with Crippen LogP contribution in [-0.2, 0) is 0 Å². The first-order valence-corrected chi connectivity index (χ1v) is 4.91. The second kappa shape index (κ2) is 4.06. The lowest BCUT2D eigenvalue weighted by Crippen LogP contribution is -2.07. The Balaban J connectivity index is 2.66. The zero-order chi connectivity index (χ0) is 12.6. The SMILES string of the molecule is Nc1c(C(=O)O)cnn1-c1c(F)cccc1Cl. The van der Waals surface area contributed by atoms with Crippen molar-refractivity contribution in [2.75, 3.05) is 5.73 Å². The van der Waals surface area contributed by atoms with Gasteiger partial charge in [-0.15, -0.1) is 0 Å². The average molecular weight is 256 g/mol. The van der Waals surface area contributed by atoms with Crippen molar-refractivity contribution in [3.8, 4) is 5.69 Å². The summed E-state index contributed by atoms with van der Waals surface area (Å²) in [6, 6.07) is 4.07. The summed E-state index contributed by atoms with van der Waals surface area (Å²) in [5, 5.41) is 12.6. The van der Waals surface area contributed by atoms with Crippen molar-refractivity contribution >= 4 is 23.4 Å². The fourth-order valence-electron chi connectivity index (χ4n) is 1.39. The van der Waals surface area contributed by atoms with Crippen LogP contribution in [0.2, 0.25) is 5.02 Å². The van der Waals surface area contributed by atoms with Gasteiger partial charge in [0.1, 0.15) is 22.9 Å². The fourth-order valence-corrected chi connectivity index (χ4v) is 1.64. The molecule has 0 fully saturated rings. The van der Waals surface area contributed by atoms with E-state index in [1.807, 2.05) is 0 Å². The van der Waals surface area contributed by atoms with Gasteiger partial charge in [0.15, 0.2) is 0 Å². The Morgan fingerprint density at radius 3 is 2.76 bits per heavy atom. The van der Waals surface area contributed by atoms with Crippen LogP contribution in [0.25, 0.3) is 5.69 Å². The van der Waals surface area contributed by atoms with Crippen LogP contribution in [0, 0.1) is 5.82 Å². The molecule has 2 aromatic rings. The first-order chi connectivity index (χ1) is 8.02. The molecule has 17 heavy (non-hydrogen) atoms. The minimum Gasteiger partial charge on any atom is -0.477 e. The molecule has 0 saturated carbocycles. The van der Waals surface area contributed by atoms with E-state index in [1.165, 1.54) is 18.2 Å². The van der Waals surface area contributed by atoms with Gasteiger partial charge in [0.2, 0.25) is 0 Å². The lowest BCUT2D eigenvalue weighted by Gasteiger charge is -2.07. The molecule has 0 aliphatic carbocycles. The third-order valence-electron chi connectivity index (χ3n) is 2.19. The van der Waals surface area contributed by atoms with E-state index in [9.17, 15) is 9.18 Å². The number of carboxylic acid groups (broad SMARTS) is 1. The number of nitrogen functional groups attached to an aromatic ring is 1. The predicted octanol–water partition coefficient (Wildman–Crippen LogP) is 1.95. The lowest BCUT2D eigenvalue weighted by atomic mass is 10.3. The number of nitrogens with zero attached hydrogens (tertiary/aromatic N) is 2. The molecule has 0 aliphatic rings. The van der Waals surface area contributed by atoms with Gasteiger partial charge in [0.25, 0.3) is 0 Å². The number of carboxylic acids is 1. The molecule has 5 nitrogen and oxygen atoms in total. The van der Waals surface area contributed by atoms with Crippen molar-refractivity contribution in [1.82, 2.24) is 9.78 Å². The maximum absolute atomic E-state index is 13.6. The molecule has 0 atom stereocenters. The zero-order valence-corrected chi connectivity index (χ0v) is 9.15. The van der Waals surface area contributed by atoms with Gasteiger partial charge < -0.3 is 10.8 Å². The number of aromatic nitrogens is 2. The maximum atomic E-state index is 13.6. The summed E-state index contributed by atoms with van der Waals surface area (Å²) in [4.78, 5) is 10.8. The molecule has 0 radical (unpaired) electrons. The number of para-hydroxylation sites is 1. The molecule has 1 aromatic carbocycles. The molecule has 7 heteroatoms. The van der Waals surface area contributed by atoms with Crippen molar-refractivity contribution in [2.24, 2.45) is 0 Å². The largest absolute Gasteiger partial charge is 0.477 e. The van der Waals surface area contributed by atoms with E-state index in [-0.39, 0.29) is 22.1 Å². The van der Waals surface area contributed by atoms with Crippen molar-refractivity contribution in [2.45, 2.75) is 0 Å². The van der Waals surface area contributed by atoms with Crippen molar-refractivity contribution in [3.05, 3.63) is 40.8 Å². The normalized spacial score (nSPS) is 10.5. The molecule has 1 aromatic heterocycles. The number of anilines is 1. The monoisotopic (exact) mass is 255 g/mol. The number of halogens is 2. The van der Waals surface area contributed by atoms with Gasteiger partial charge in [0.05, 0.1) is 11.2 Å². The minimum atomic E-state index is -1.23. The van der Waals surface area contributed by atoms with Crippen LogP contribution in [0.3, 0.4) is 0 Å². The summed E-state index contributed by atoms with van der Waals surface area (Å²) < 4.78 is 14.5. The number of hydrogen-bond donors (Lipinski definition) is 2. The maximum Gasteiger partial charge on any atom is 0.341 e. The highest BCUT2D eigenvalue weighted by atomic mass is 35.5. The standard InChI is InChI=1S/C10H7ClFN3O2/c11-6-2-1-3-7(12)8(6)15-9(13)5(4-14-15)10(16)17/h1-4H,13H2,(H,16,17). The third kappa shape index (κ3) is 1.83. The molecule has 2 rings (SSSR count). The molecule has 0 spiro atoms. The van der Waals surface area contributed by atoms with Crippen LogP contribution in [0.15, 0.2) is 24.4 Å². The molecule has 0 amide bonds. The lowest BCUT2D eigenvalue weighted by molar-refractivity contribution is 0.0698. The molecule has 0 aliphatic heterocycles. The summed E-state index contributed by atoms with van der Waals surface area (Å²) in [6.07, 6.45) is 1.04. The quantitative estimate of drug-likeness (QED) is 0.859. The van der Waals surface area contributed by atoms with Crippen LogP contribution < -0.4 is 5.73 Å². The summed E-state index contributed by atoms with van der Waals surface area (Å²) in [5.41, 5.74) is 5.29. The Hall–Kier alpha value is -2.08. The van der Waals surface area contributed by atoms with Gasteiger partial charge in [-0.25, -0.2) is 13.9 Å². The molecular weight excluding hydrogens is 249 g/mol. The van der Waals surface area contributed by atoms with Crippen LogP contribution in [0.4, 0.5) is 10.2 Å². The zero-order valence-electron chi connectivity index (χ0n) is 8.39. The molecular formula is C10H7ClFN3O2. The summed E-state index contributed by atoms with van der Waals surface area (Å²) >= 11 is 5.82. The first kappa shape index (κ1) is 11.4. The Morgan fingerprint density at radius 2 is 2.24 bits per heavy atom. The van der Waals surface area contributed by atoms with E-state index < -0.39 is 11.8 Å². The second-order valence-corrected chi connectivity index (χ2v) is 3.64. The Labute approximate surface area is 100 Å². The fraction of sp³-hybridized carbons (Fsp3) is 0. The Morgan fingerprint density at radius 1 is 1.53 bits per heavy atom. The van der Waals surface area contributed by atoms with E-state index in [2.05, 4.69) is 5.10 Å². The van der Waals surface area contributed by atoms with Crippen LogP contribution in [0.1, 0.15) is 10.4 Å². The number of benzene rings is 1. The van der Waals surface area contributed by atoms with Gasteiger partial charge >= 0.3 is 5.97 Å². The van der Waals surface area contributed by atoms with Gasteiger partial charge in [-0.1, -0.05) is 17.7 Å². The van der Waals surface area contributed by atoms with Crippen molar-refractivity contribution < 1.29 is 14.3 Å². The number of aromatic carboxylic acids is 1. The smallest absolute Gasteiger partial charge is 0.341 e. The minimum absolute atomic E-state index is 0.0702. The van der Waals surface area contributed by atoms with Gasteiger partial charge in [-0.05, 0) is 12.1 Å². The van der Waals surface area contributed by atoms with E-state index in [4.69, 9.17) is 22.4 Å². The second-order valence-electron chi connectivity index (χ2n) is 3.23.